The van der Waals surface area contributed by atoms with Crippen LogP contribution >= 0.6 is 0 Å². The van der Waals surface area contributed by atoms with Crippen LogP contribution in [0.25, 0.3) is 11.0 Å². The van der Waals surface area contributed by atoms with E-state index in [1.54, 1.807) is 17.9 Å². The maximum atomic E-state index is 12.1. The molecule has 24 heavy (non-hydrogen) atoms. The molecular weight excluding hydrogens is 306 g/mol. The van der Waals surface area contributed by atoms with E-state index in [0.29, 0.717) is 23.4 Å². The van der Waals surface area contributed by atoms with Crippen molar-refractivity contribution in [1.29, 1.82) is 0 Å². The zero-order valence-corrected chi connectivity index (χ0v) is 13.5. The Balaban J connectivity index is 1.46. The third kappa shape index (κ3) is 2.76. The predicted octanol–water partition coefficient (Wildman–Crippen LogP) is 0.374. The summed E-state index contributed by atoms with van der Waals surface area (Å²) >= 11 is 0. The number of aromatic amines is 1. The van der Waals surface area contributed by atoms with E-state index in [-0.39, 0.29) is 5.56 Å². The zero-order valence-electron chi connectivity index (χ0n) is 13.5. The monoisotopic (exact) mass is 325 g/mol. The summed E-state index contributed by atoms with van der Waals surface area (Å²) in [6.07, 6.45) is 3.37. The number of anilines is 1. The van der Waals surface area contributed by atoms with Gasteiger partial charge >= 0.3 is 0 Å². The van der Waals surface area contributed by atoms with E-state index in [1.165, 1.54) is 0 Å². The molecule has 0 radical (unpaired) electrons. The van der Waals surface area contributed by atoms with E-state index >= 15 is 0 Å². The average Bonchev–Trinajstić information content (AvgIpc) is 2.98. The van der Waals surface area contributed by atoms with Gasteiger partial charge in [-0.05, 0) is 12.1 Å². The Labute approximate surface area is 138 Å². The van der Waals surface area contributed by atoms with Gasteiger partial charge in [0.15, 0.2) is 5.65 Å². The van der Waals surface area contributed by atoms with Gasteiger partial charge in [-0.15, -0.1) is 0 Å². The van der Waals surface area contributed by atoms with Crippen LogP contribution in [0.15, 0.2) is 35.4 Å². The fourth-order valence-corrected chi connectivity index (χ4v) is 3.04. The van der Waals surface area contributed by atoms with E-state index in [2.05, 4.69) is 29.9 Å². The van der Waals surface area contributed by atoms with Gasteiger partial charge in [-0.3, -0.25) is 14.4 Å². The van der Waals surface area contributed by atoms with E-state index < -0.39 is 0 Å². The summed E-state index contributed by atoms with van der Waals surface area (Å²) in [5, 5.41) is 4.62. The fraction of sp³-hybridized carbons (Fsp3) is 0.375. The topological polar surface area (TPSA) is 82.9 Å². The van der Waals surface area contributed by atoms with E-state index in [9.17, 15) is 4.79 Å². The molecule has 3 aromatic heterocycles. The maximum absolute atomic E-state index is 12.1. The Morgan fingerprint density at radius 3 is 2.79 bits per heavy atom. The van der Waals surface area contributed by atoms with Gasteiger partial charge in [0.2, 0.25) is 0 Å². The minimum absolute atomic E-state index is 0.129. The van der Waals surface area contributed by atoms with Crippen molar-refractivity contribution in [1.82, 2.24) is 29.6 Å². The summed E-state index contributed by atoms with van der Waals surface area (Å²) in [4.78, 5) is 28.5. The number of hydrogen-bond donors (Lipinski definition) is 1. The Kier molecular flexibility index (Phi) is 3.73. The summed E-state index contributed by atoms with van der Waals surface area (Å²) in [7, 11) is 1.80. The molecule has 4 rings (SSSR count). The third-order valence-electron chi connectivity index (χ3n) is 4.37. The highest BCUT2D eigenvalue weighted by molar-refractivity contribution is 5.72. The lowest BCUT2D eigenvalue weighted by Crippen LogP contribution is -2.46. The number of piperazine rings is 1. The first-order valence-electron chi connectivity index (χ1n) is 8.00. The Hall–Kier alpha value is -2.74. The van der Waals surface area contributed by atoms with Crippen molar-refractivity contribution < 1.29 is 0 Å². The van der Waals surface area contributed by atoms with E-state index in [4.69, 9.17) is 0 Å². The van der Waals surface area contributed by atoms with Crippen LogP contribution in [-0.2, 0) is 13.6 Å². The molecule has 0 atom stereocenters. The molecule has 0 saturated carbocycles. The van der Waals surface area contributed by atoms with Crippen LogP contribution < -0.4 is 10.5 Å². The van der Waals surface area contributed by atoms with Crippen molar-refractivity contribution in [3.05, 3.63) is 46.8 Å². The van der Waals surface area contributed by atoms with Crippen LogP contribution in [-0.4, -0.2) is 55.8 Å². The molecule has 1 saturated heterocycles. The number of hydrogen-bond acceptors (Lipinski definition) is 6. The third-order valence-corrected chi connectivity index (χ3v) is 4.37. The van der Waals surface area contributed by atoms with E-state index in [1.807, 2.05) is 24.4 Å². The fourth-order valence-electron chi connectivity index (χ4n) is 3.04. The average molecular weight is 325 g/mol. The molecular formula is C16H19N7O. The second-order valence-corrected chi connectivity index (χ2v) is 5.97. The van der Waals surface area contributed by atoms with Crippen molar-refractivity contribution in [2.24, 2.45) is 7.05 Å². The Bertz CT molecular complexity index is 894. The number of nitrogens with one attached hydrogen (secondary N) is 1. The summed E-state index contributed by atoms with van der Waals surface area (Å²) in [6, 6.07) is 5.97. The Morgan fingerprint density at radius 2 is 2.04 bits per heavy atom. The van der Waals surface area contributed by atoms with Crippen molar-refractivity contribution in [3.63, 3.8) is 0 Å². The second-order valence-electron chi connectivity index (χ2n) is 5.97. The van der Waals surface area contributed by atoms with Crippen LogP contribution in [0.5, 0.6) is 0 Å². The van der Waals surface area contributed by atoms with Crippen molar-refractivity contribution in [2.75, 3.05) is 31.1 Å². The van der Waals surface area contributed by atoms with Crippen LogP contribution in [0, 0.1) is 0 Å². The number of aryl methyl sites for hydroxylation is 1. The number of nitrogens with zero attached hydrogens (tertiary/aromatic N) is 6. The smallest absolute Gasteiger partial charge is 0.262 e. The molecule has 8 nitrogen and oxygen atoms in total. The molecule has 0 aliphatic carbocycles. The minimum Gasteiger partial charge on any atom is -0.354 e. The molecule has 1 aliphatic heterocycles. The molecule has 124 valence electrons. The first-order valence-corrected chi connectivity index (χ1v) is 8.00. The lowest BCUT2D eigenvalue weighted by molar-refractivity contribution is 0.243. The number of aromatic nitrogens is 5. The zero-order chi connectivity index (χ0) is 16.5. The van der Waals surface area contributed by atoms with Crippen molar-refractivity contribution >= 4 is 16.9 Å². The molecule has 1 aliphatic rings. The molecule has 0 bridgehead atoms. The minimum atomic E-state index is -0.129. The number of H-pyrrole nitrogens is 1. The van der Waals surface area contributed by atoms with Crippen molar-refractivity contribution in [3.8, 4) is 0 Å². The van der Waals surface area contributed by atoms with Gasteiger partial charge in [0.1, 0.15) is 17.0 Å². The van der Waals surface area contributed by atoms with Gasteiger partial charge in [-0.25, -0.2) is 9.97 Å². The normalized spacial score (nSPS) is 16.0. The molecule has 0 amide bonds. The van der Waals surface area contributed by atoms with Crippen LogP contribution in [0.3, 0.4) is 0 Å². The lowest BCUT2D eigenvalue weighted by Gasteiger charge is -2.35. The van der Waals surface area contributed by atoms with Gasteiger partial charge in [0.05, 0.1) is 12.7 Å². The van der Waals surface area contributed by atoms with Crippen LogP contribution in [0.2, 0.25) is 0 Å². The number of rotatable bonds is 3. The molecule has 8 heteroatoms. The summed E-state index contributed by atoms with van der Waals surface area (Å²) in [5.41, 5.74) is 0.496. The first kappa shape index (κ1) is 14.8. The Morgan fingerprint density at radius 1 is 1.21 bits per heavy atom. The molecule has 3 aromatic rings. The SMILES string of the molecule is Cn1ncc2c(=O)[nH]c(CN3CCN(c4ccccn4)CC3)nc21. The standard InChI is InChI=1S/C16H19N7O/c1-21-15-12(10-18-21)16(24)20-13(19-15)11-22-6-8-23(9-7-22)14-4-2-3-5-17-14/h2-5,10H,6-9,11H2,1H3,(H,19,20,24). The highest BCUT2D eigenvalue weighted by atomic mass is 16.1. The molecule has 0 spiro atoms. The van der Waals surface area contributed by atoms with E-state index in [0.717, 1.165) is 32.0 Å². The second kappa shape index (κ2) is 6.04. The lowest BCUT2D eigenvalue weighted by atomic mass is 10.3. The summed E-state index contributed by atoms with van der Waals surface area (Å²) in [6.45, 7) is 4.27. The molecule has 0 unspecified atom stereocenters. The largest absolute Gasteiger partial charge is 0.354 e. The highest BCUT2D eigenvalue weighted by Gasteiger charge is 2.19. The van der Waals surface area contributed by atoms with Gasteiger partial charge in [0.25, 0.3) is 5.56 Å². The quantitative estimate of drug-likeness (QED) is 0.749. The first-order chi connectivity index (χ1) is 11.7. The summed E-state index contributed by atoms with van der Waals surface area (Å²) < 4.78 is 1.63. The highest BCUT2D eigenvalue weighted by Crippen LogP contribution is 2.13. The van der Waals surface area contributed by atoms with Crippen LogP contribution in [0.1, 0.15) is 5.82 Å². The van der Waals surface area contributed by atoms with Crippen molar-refractivity contribution in [2.45, 2.75) is 6.54 Å². The molecule has 1 N–H and O–H groups in total. The predicted molar refractivity (Wildman–Crippen MR) is 90.9 cm³/mol. The van der Waals surface area contributed by atoms with Gasteiger partial charge in [0, 0.05) is 39.4 Å². The van der Waals surface area contributed by atoms with Crippen LogP contribution in [0.4, 0.5) is 5.82 Å². The number of pyridine rings is 1. The van der Waals surface area contributed by atoms with Gasteiger partial charge < -0.3 is 9.88 Å². The van der Waals surface area contributed by atoms with Gasteiger partial charge in [-0.1, -0.05) is 6.07 Å². The molecule has 0 aromatic carbocycles. The number of fused-ring (bicyclic) bond motifs is 1. The molecule has 4 heterocycles. The molecule has 1 fully saturated rings. The maximum Gasteiger partial charge on any atom is 0.262 e. The van der Waals surface area contributed by atoms with Gasteiger partial charge in [-0.2, -0.15) is 5.10 Å². The summed E-state index contributed by atoms with van der Waals surface area (Å²) in [5.74, 6) is 1.70.